The van der Waals surface area contributed by atoms with Crippen molar-refractivity contribution in [2.75, 3.05) is 32.9 Å². The van der Waals surface area contributed by atoms with E-state index in [1.54, 1.807) is 0 Å². The van der Waals surface area contributed by atoms with E-state index in [0.717, 1.165) is 32.5 Å². The van der Waals surface area contributed by atoms with E-state index < -0.39 is 9.53 Å². The number of hydrogen-bond acceptors (Lipinski definition) is 4. The van der Waals surface area contributed by atoms with Gasteiger partial charge in [-0.05, 0) is 46.2 Å². The molecule has 0 radical (unpaired) electrons. The molecule has 0 aliphatic heterocycles. The van der Waals surface area contributed by atoms with Gasteiger partial charge in [0.15, 0.2) is 0 Å². The van der Waals surface area contributed by atoms with Crippen molar-refractivity contribution < 1.29 is 13.3 Å². The van der Waals surface area contributed by atoms with Gasteiger partial charge in [-0.1, -0.05) is 13.3 Å². The van der Waals surface area contributed by atoms with Crippen LogP contribution in [0.15, 0.2) is 0 Å². The fraction of sp³-hybridized carbons (Fsp3) is 1.00. The molecule has 1 N–H and O–H groups in total. The lowest BCUT2D eigenvalue weighted by molar-refractivity contribution is 0.100. The lowest BCUT2D eigenvalue weighted by atomic mass is 10.3. The predicted molar refractivity (Wildman–Crippen MR) is 73.4 cm³/mol. The fourth-order valence-corrected chi connectivity index (χ4v) is 2.57. The molecule has 0 heterocycles. The maximum Gasteiger partial charge on any atom is 0.484 e. The normalized spacial score (nSPS) is 11.3. The first-order chi connectivity index (χ1) is 8.35. The molecule has 5 heteroatoms. The summed E-state index contributed by atoms with van der Waals surface area (Å²) in [5.74, 6) is 0. The average Bonchev–Trinajstić information content (AvgIpc) is 2.33. The molecule has 17 heavy (non-hydrogen) atoms. The summed E-state index contributed by atoms with van der Waals surface area (Å²) >= 11 is 0. The molecule has 0 amide bonds. The van der Waals surface area contributed by atoms with Crippen LogP contribution in [0, 0.1) is 0 Å². The smallest absolute Gasteiger partial charge is 0.376 e. The molecule has 0 aliphatic rings. The van der Waals surface area contributed by atoms with E-state index in [-0.39, 0.29) is 0 Å². The largest absolute Gasteiger partial charge is 0.484 e. The van der Waals surface area contributed by atoms with Gasteiger partial charge in [-0.15, -0.1) is 0 Å². The van der Waals surface area contributed by atoms with Crippen LogP contribution < -0.4 is 5.32 Å². The van der Waals surface area contributed by atoms with Crippen LogP contribution in [-0.2, 0) is 13.3 Å². The Balaban J connectivity index is 3.23. The van der Waals surface area contributed by atoms with Crippen molar-refractivity contribution >= 4 is 9.53 Å². The maximum atomic E-state index is 5.62. The highest BCUT2D eigenvalue weighted by atomic mass is 28.3. The van der Waals surface area contributed by atoms with Crippen molar-refractivity contribution in [2.45, 2.75) is 46.5 Å². The quantitative estimate of drug-likeness (QED) is 0.407. The van der Waals surface area contributed by atoms with Crippen LogP contribution in [0.25, 0.3) is 0 Å². The zero-order valence-electron chi connectivity index (χ0n) is 11.7. The molecule has 0 saturated heterocycles. The second-order valence-corrected chi connectivity index (χ2v) is 5.46. The SMILES string of the molecule is CCCCNCCCCO[SiH](OCC)OCC. The Morgan fingerprint density at radius 1 is 0.824 bits per heavy atom. The zero-order chi connectivity index (χ0) is 12.8. The summed E-state index contributed by atoms with van der Waals surface area (Å²) in [6.07, 6.45) is 4.75. The fourth-order valence-electron chi connectivity index (χ4n) is 1.37. The summed E-state index contributed by atoms with van der Waals surface area (Å²) in [7, 11) is -1.82. The van der Waals surface area contributed by atoms with Crippen LogP contribution in [0.3, 0.4) is 0 Å². The van der Waals surface area contributed by atoms with Crippen LogP contribution >= 0.6 is 0 Å². The van der Waals surface area contributed by atoms with Gasteiger partial charge in [0, 0.05) is 19.8 Å². The van der Waals surface area contributed by atoms with Gasteiger partial charge in [0.2, 0.25) is 0 Å². The highest BCUT2D eigenvalue weighted by Crippen LogP contribution is 1.96. The molecule has 0 rings (SSSR count). The minimum absolute atomic E-state index is 0.676. The molecule has 0 fully saturated rings. The summed E-state index contributed by atoms with van der Waals surface area (Å²) in [5, 5.41) is 3.42. The van der Waals surface area contributed by atoms with E-state index in [0.29, 0.717) is 13.2 Å². The van der Waals surface area contributed by atoms with Crippen LogP contribution in [0.1, 0.15) is 46.5 Å². The van der Waals surface area contributed by atoms with E-state index in [2.05, 4.69) is 12.2 Å². The summed E-state index contributed by atoms with van der Waals surface area (Å²) in [6, 6.07) is 0. The van der Waals surface area contributed by atoms with E-state index >= 15 is 0 Å². The Morgan fingerprint density at radius 3 is 2.06 bits per heavy atom. The molecule has 4 nitrogen and oxygen atoms in total. The molecular formula is C12H29NO3Si. The van der Waals surface area contributed by atoms with E-state index in [4.69, 9.17) is 13.3 Å². The van der Waals surface area contributed by atoms with Crippen LogP contribution in [0.4, 0.5) is 0 Å². The summed E-state index contributed by atoms with van der Waals surface area (Å²) in [5.41, 5.74) is 0. The maximum absolute atomic E-state index is 5.62. The molecule has 0 aromatic carbocycles. The van der Waals surface area contributed by atoms with Crippen molar-refractivity contribution in [1.29, 1.82) is 0 Å². The lowest BCUT2D eigenvalue weighted by Gasteiger charge is -2.14. The minimum Gasteiger partial charge on any atom is -0.376 e. The molecule has 0 unspecified atom stereocenters. The van der Waals surface area contributed by atoms with Gasteiger partial charge >= 0.3 is 9.53 Å². The standard InChI is InChI=1S/C12H29NO3Si/c1-4-7-10-13-11-8-9-12-16-17(14-5-2)15-6-3/h13,17H,4-12H2,1-3H3. The third-order valence-electron chi connectivity index (χ3n) is 2.31. The molecular weight excluding hydrogens is 234 g/mol. The van der Waals surface area contributed by atoms with Gasteiger partial charge in [0.05, 0.1) is 0 Å². The van der Waals surface area contributed by atoms with Gasteiger partial charge in [-0.2, -0.15) is 0 Å². The molecule has 0 atom stereocenters. The number of unbranched alkanes of at least 4 members (excludes halogenated alkanes) is 2. The van der Waals surface area contributed by atoms with Crippen molar-refractivity contribution in [3.05, 3.63) is 0 Å². The number of nitrogens with one attached hydrogen (secondary N) is 1. The Labute approximate surface area is 108 Å². The second-order valence-electron chi connectivity index (χ2n) is 3.88. The van der Waals surface area contributed by atoms with Gasteiger partial charge in [0.1, 0.15) is 0 Å². The first kappa shape index (κ1) is 17.1. The predicted octanol–water partition coefficient (Wildman–Crippen LogP) is 1.96. The molecule has 0 aromatic rings. The zero-order valence-corrected chi connectivity index (χ0v) is 12.8. The third-order valence-corrected chi connectivity index (χ3v) is 4.03. The van der Waals surface area contributed by atoms with E-state index in [9.17, 15) is 0 Å². The van der Waals surface area contributed by atoms with Gasteiger partial charge in [0.25, 0.3) is 0 Å². The highest BCUT2D eigenvalue weighted by molar-refractivity contribution is 6.36. The third kappa shape index (κ3) is 12.3. The van der Waals surface area contributed by atoms with Crippen molar-refractivity contribution in [2.24, 2.45) is 0 Å². The summed E-state index contributed by atoms with van der Waals surface area (Å²) in [6.45, 7) is 10.5. The van der Waals surface area contributed by atoms with E-state index in [1.165, 1.54) is 12.8 Å². The van der Waals surface area contributed by atoms with Crippen molar-refractivity contribution in [3.8, 4) is 0 Å². The number of rotatable bonds is 13. The molecule has 0 aromatic heterocycles. The molecule has 0 bridgehead atoms. The topological polar surface area (TPSA) is 39.7 Å². The second kappa shape index (κ2) is 14.1. The van der Waals surface area contributed by atoms with Crippen molar-refractivity contribution in [3.63, 3.8) is 0 Å². The van der Waals surface area contributed by atoms with Crippen LogP contribution in [0.5, 0.6) is 0 Å². The summed E-state index contributed by atoms with van der Waals surface area (Å²) < 4.78 is 16.5. The molecule has 0 aliphatic carbocycles. The Kier molecular flexibility index (Phi) is 14.2. The lowest BCUT2D eigenvalue weighted by Crippen LogP contribution is -2.28. The minimum atomic E-state index is -1.82. The Bertz CT molecular complexity index is 144. The van der Waals surface area contributed by atoms with Crippen LogP contribution in [0.2, 0.25) is 0 Å². The van der Waals surface area contributed by atoms with Gasteiger partial charge < -0.3 is 18.6 Å². The van der Waals surface area contributed by atoms with Gasteiger partial charge in [-0.3, -0.25) is 0 Å². The summed E-state index contributed by atoms with van der Waals surface area (Å²) in [4.78, 5) is 0. The van der Waals surface area contributed by atoms with Gasteiger partial charge in [-0.25, -0.2) is 0 Å². The highest BCUT2D eigenvalue weighted by Gasteiger charge is 2.12. The first-order valence-corrected chi connectivity index (χ1v) is 8.32. The van der Waals surface area contributed by atoms with E-state index in [1.807, 2.05) is 13.8 Å². The molecule has 0 saturated carbocycles. The first-order valence-electron chi connectivity index (χ1n) is 6.90. The van der Waals surface area contributed by atoms with Crippen molar-refractivity contribution in [1.82, 2.24) is 5.32 Å². The molecule has 104 valence electrons. The Morgan fingerprint density at radius 2 is 1.47 bits per heavy atom. The Hall–Kier alpha value is 0.0569. The monoisotopic (exact) mass is 263 g/mol. The number of hydrogen-bond donors (Lipinski definition) is 1. The average molecular weight is 263 g/mol. The molecule has 0 spiro atoms. The van der Waals surface area contributed by atoms with Crippen LogP contribution in [-0.4, -0.2) is 42.4 Å².